The molecule has 0 amide bonds. The van der Waals surface area contributed by atoms with Crippen molar-refractivity contribution in [2.75, 3.05) is 11.9 Å². The summed E-state index contributed by atoms with van der Waals surface area (Å²) in [5.41, 5.74) is 2.85. The molecule has 1 aliphatic rings. The molecule has 1 aliphatic carbocycles. The lowest BCUT2D eigenvalue weighted by Gasteiger charge is -2.13. The van der Waals surface area contributed by atoms with Crippen LogP contribution in [0.3, 0.4) is 0 Å². The molecule has 0 aromatic carbocycles. The Morgan fingerprint density at radius 2 is 2.16 bits per heavy atom. The van der Waals surface area contributed by atoms with Crippen molar-refractivity contribution in [3.8, 4) is 0 Å². The molecule has 1 N–H and O–H groups in total. The van der Waals surface area contributed by atoms with E-state index in [1.807, 2.05) is 6.07 Å². The molecule has 3 aromatic rings. The average molecular weight is 348 g/mol. The number of aryl methyl sites for hydroxylation is 2. The van der Waals surface area contributed by atoms with Crippen LogP contribution in [0, 0.1) is 6.92 Å². The van der Waals surface area contributed by atoms with Gasteiger partial charge in [-0.1, -0.05) is 6.07 Å². The second-order valence-electron chi connectivity index (χ2n) is 6.09. The number of halogens is 3. The van der Waals surface area contributed by atoms with Gasteiger partial charge in [0.1, 0.15) is 5.82 Å². The van der Waals surface area contributed by atoms with Crippen LogP contribution in [-0.4, -0.2) is 31.1 Å². The maximum absolute atomic E-state index is 12.9. The third kappa shape index (κ3) is 2.90. The monoisotopic (exact) mass is 348 g/mol. The fraction of sp³-hybridized carbons (Fsp3) is 0.375. The minimum Gasteiger partial charge on any atom is -0.369 e. The molecule has 0 aliphatic heterocycles. The summed E-state index contributed by atoms with van der Waals surface area (Å²) in [6.45, 7) is 2.27. The SMILES string of the molecule is Cc1cc(NCC2CCc3cccnc32)n2nc(C(F)(F)F)nc2n1. The predicted molar refractivity (Wildman–Crippen MR) is 84.3 cm³/mol. The van der Waals surface area contributed by atoms with E-state index in [0.717, 1.165) is 23.1 Å². The van der Waals surface area contributed by atoms with E-state index in [-0.39, 0.29) is 11.7 Å². The fourth-order valence-corrected chi connectivity index (χ4v) is 3.16. The Morgan fingerprint density at radius 3 is 2.96 bits per heavy atom. The van der Waals surface area contributed by atoms with Gasteiger partial charge in [0, 0.05) is 36.1 Å². The Hall–Kier alpha value is -2.71. The summed E-state index contributed by atoms with van der Waals surface area (Å²) in [6.07, 6.45) is -0.925. The van der Waals surface area contributed by atoms with Crippen LogP contribution in [0.5, 0.6) is 0 Å². The van der Waals surface area contributed by atoms with E-state index >= 15 is 0 Å². The smallest absolute Gasteiger partial charge is 0.369 e. The lowest BCUT2D eigenvalue weighted by Crippen LogP contribution is -2.14. The molecule has 3 aromatic heterocycles. The number of aromatic nitrogens is 5. The second kappa shape index (κ2) is 5.68. The first-order valence-electron chi connectivity index (χ1n) is 7.91. The largest absolute Gasteiger partial charge is 0.453 e. The highest BCUT2D eigenvalue weighted by molar-refractivity contribution is 5.46. The van der Waals surface area contributed by atoms with Gasteiger partial charge in [-0.2, -0.15) is 22.7 Å². The van der Waals surface area contributed by atoms with E-state index in [1.165, 1.54) is 5.56 Å². The van der Waals surface area contributed by atoms with Gasteiger partial charge in [-0.15, -0.1) is 5.10 Å². The highest BCUT2D eigenvalue weighted by Crippen LogP contribution is 2.31. The molecule has 3 heterocycles. The number of rotatable bonds is 3. The summed E-state index contributed by atoms with van der Waals surface area (Å²) in [5, 5.41) is 6.74. The molecule has 0 saturated carbocycles. The van der Waals surface area contributed by atoms with Gasteiger partial charge in [0.15, 0.2) is 0 Å². The maximum atomic E-state index is 12.9. The lowest BCUT2D eigenvalue weighted by atomic mass is 10.1. The Morgan fingerprint density at radius 1 is 1.32 bits per heavy atom. The zero-order valence-electron chi connectivity index (χ0n) is 13.4. The summed E-state index contributed by atoms with van der Waals surface area (Å²) in [5.74, 6) is -0.610. The van der Waals surface area contributed by atoms with Crippen LogP contribution in [0.25, 0.3) is 5.78 Å². The molecule has 0 fully saturated rings. The van der Waals surface area contributed by atoms with Gasteiger partial charge < -0.3 is 5.32 Å². The van der Waals surface area contributed by atoms with Gasteiger partial charge in [0.2, 0.25) is 0 Å². The quantitative estimate of drug-likeness (QED) is 0.788. The fourth-order valence-electron chi connectivity index (χ4n) is 3.16. The van der Waals surface area contributed by atoms with Crippen molar-refractivity contribution in [2.45, 2.75) is 31.9 Å². The van der Waals surface area contributed by atoms with Gasteiger partial charge >= 0.3 is 6.18 Å². The third-order valence-electron chi connectivity index (χ3n) is 4.30. The Balaban J connectivity index is 1.62. The molecule has 4 rings (SSSR count). The molecule has 0 saturated heterocycles. The summed E-state index contributed by atoms with van der Waals surface area (Å²) >= 11 is 0. The van der Waals surface area contributed by atoms with E-state index in [4.69, 9.17) is 0 Å². The van der Waals surface area contributed by atoms with Crippen LogP contribution in [-0.2, 0) is 12.6 Å². The minimum atomic E-state index is -4.60. The van der Waals surface area contributed by atoms with E-state index in [2.05, 4.69) is 31.4 Å². The Kier molecular flexibility index (Phi) is 3.59. The number of fused-ring (bicyclic) bond motifs is 2. The van der Waals surface area contributed by atoms with E-state index in [0.29, 0.717) is 18.1 Å². The topological polar surface area (TPSA) is 68.0 Å². The zero-order chi connectivity index (χ0) is 17.6. The molecule has 1 atom stereocenters. The summed E-state index contributed by atoms with van der Waals surface area (Å²) < 4.78 is 39.7. The molecule has 25 heavy (non-hydrogen) atoms. The van der Waals surface area contributed by atoms with Crippen molar-refractivity contribution < 1.29 is 13.2 Å². The first-order chi connectivity index (χ1) is 11.9. The normalized spacial score (nSPS) is 17.0. The number of hydrogen-bond acceptors (Lipinski definition) is 5. The molecule has 6 nitrogen and oxygen atoms in total. The van der Waals surface area contributed by atoms with E-state index < -0.39 is 12.0 Å². The summed E-state index contributed by atoms with van der Waals surface area (Å²) in [6, 6.07) is 5.64. The summed E-state index contributed by atoms with van der Waals surface area (Å²) in [4.78, 5) is 11.9. The van der Waals surface area contributed by atoms with Gasteiger partial charge in [-0.05, 0) is 31.4 Å². The van der Waals surface area contributed by atoms with Crippen molar-refractivity contribution >= 4 is 11.6 Å². The first kappa shape index (κ1) is 15.8. The van der Waals surface area contributed by atoms with Crippen molar-refractivity contribution in [1.82, 2.24) is 24.6 Å². The van der Waals surface area contributed by atoms with Crippen LogP contribution >= 0.6 is 0 Å². The van der Waals surface area contributed by atoms with Crippen molar-refractivity contribution in [3.63, 3.8) is 0 Å². The Bertz CT molecular complexity index is 933. The van der Waals surface area contributed by atoms with Gasteiger partial charge in [0.05, 0.1) is 0 Å². The molecule has 1 unspecified atom stereocenters. The van der Waals surface area contributed by atoms with Gasteiger partial charge in [-0.3, -0.25) is 4.98 Å². The van der Waals surface area contributed by atoms with Crippen LogP contribution in [0.2, 0.25) is 0 Å². The lowest BCUT2D eigenvalue weighted by molar-refractivity contribution is -0.144. The molecular formula is C16H15F3N6. The predicted octanol–water partition coefficient (Wildman–Crippen LogP) is 2.99. The highest BCUT2D eigenvalue weighted by atomic mass is 19.4. The van der Waals surface area contributed by atoms with Gasteiger partial charge in [-0.25, -0.2) is 4.98 Å². The van der Waals surface area contributed by atoms with E-state index in [1.54, 1.807) is 19.2 Å². The van der Waals surface area contributed by atoms with Crippen molar-refractivity contribution in [2.24, 2.45) is 0 Å². The number of hydrogen-bond donors (Lipinski definition) is 1. The van der Waals surface area contributed by atoms with Crippen LogP contribution in [0.4, 0.5) is 19.0 Å². The molecule has 0 spiro atoms. The Labute approximate surface area is 141 Å². The standard InChI is InChI=1S/C16H15F3N6/c1-9-7-12(25-15(22-9)23-14(24-25)16(17,18)19)21-8-11-5-4-10-3-2-6-20-13(10)11/h2-3,6-7,11,21H,4-5,8H2,1H3. The number of pyridine rings is 1. The molecule has 0 bridgehead atoms. The molecule has 9 heteroatoms. The van der Waals surface area contributed by atoms with Crippen molar-refractivity contribution in [1.29, 1.82) is 0 Å². The van der Waals surface area contributed by atoms with Gasteiger partial charge in [0.25, 0.3) is 11.6 Å². The summed E-state index contributed by atoms with van der Waals surface area (Å²) in [7, 11) is 0. The van der Waals surface area contributed by atoms with E-state index in [9.17, 15) is 13.2 Å². The number of alkyl halides is 3. The maximum Gasteiger partial charge on any atom is 0.453 e. The third-order valence-corrected chi connectivity index (χ3v) is 4.30. The first-order valence-corrected chi connectivity index (χ1v) is 7.91. The molecule has 0 radical (unpaired) electrons. The number of nitrogens with zero attached hydrogens (tertiary/aromatic N) is 5. The average Bonchev–Trinajstić information content (AvgIpc) is 3.16. The number of anilines is 1. The van der Waals surface area contributed by atoms with Crippen LogP contribution in [0.1, 0.15) is 35.1 Å². The van der Waals surface area contributed by atoms with Crippen LogP contribution < -0.4 is 5.32 Å². The van der Waals surface area contributed by atoms with Crippen molar-refractivity contribution in [3.05, 3.63) is 47.2 Å². The molecule has 130 valence electrons. The minimum absolute atomic E-state index is 0.0697. The molecular weight excluding hydrogens is 333 g/mol. The highest BCUT2D eigenvalue weighted by Gasteiger charge is 2.37. The zero-order valence-corrected chi connectivity index (χ0v) is 13.4. The number of nitrogens with one attached hydrogen (secondary N) is 1. The second-order valence-corrected chi connectivity index (χ2v) is 6.09. The van der Waals surface area contributed by atoms with Crippen LogP contribution in [0.15, 0.2) is 24.4 Å².